The van der Waals surface area contributed by atoms with Crippen LogP contribution in [-0.4, -0.2) is 7.05 Å². The minimum Gasteiger partial charge on any atom is -0.397 e. The van der Waals surface area contributed by atoms with Crippen molar-refractivity contribution in [3.05, 3.63) is 52.3 Å². The molecule has 5 heteroatoms. The third-order valence-electron chi connectivity index (χ3n) is 3.29. The monoisotopic (exact) mass is 293 g/mol. The zero-order valence-corrected chi connectivity index (χ0v) is 12.2. The second kappa shape index (κ2) is 5.59. The molecule has 0 aliphatic heterocycles. The minimum absolute atomic E-state index is 0.0918. The van der Waals surface area contributed by atoms with Gasteiger partial charge in [0.25, 0.3) is 0 Å². The van der Waals surface area contributed by atoms with Crippen molar-refractivity contribution in [3.8, 4) is 0 Å². The Morgan fingerprint density at radius 1 is 1.20 bits per heavy atom. The van der Waals surface area contributed by atoms with Crippen molar-refractivity contribution >= 4 is 28.7 Å². The summed E-state index contributed by atoms with van der Waals surface area (Å²) in [5.74, 6) is -0.583. The van der Waals surface area contributed by atoms with Gasteiger partial charge in [-0.25, -0.2) is 4.39 Å². The van der Waals surface area contributed by atoms with Crippen molar-refractivity contribution in [1.82, 2.24) is 0 Å². The number of nitrogens with zero attached hydrogens (tertiary/aromatic N) is 1. The van der Waals surface area contributed by atoms with Gasteiger partial charge in [-0.1, -0.05) is 35.9 Å². The van der Waals surface area contributed by atoms with Gasteiger partial charge in [0.15, 0.2) is 5.82 Å². The molecule has 0 heterocycles. The predicted molar refractivity (Wildman–Crippen MR) is 83.5 cm³/mol. The standard InChI is InChI=1S/C15H17ClFN3/c1-9-5-3-4-6-10(9)8-20(2)15-12(19)7-11(18)13(16)14(15)17/h3-7H,8,18-19H2,1-2H3. The number of hydrogen-bond donors (Lipinski definition) is 2. The van der Waals surface area contributed by atoms with Crippen LogP contribution in [0.25, 0.3) is 0 Å². The molecule has 0 aromatic heterocycles. The van der Waals surface area contributed by atoms with Crippen LogP contribution in [0.2, 0.25) is 5.02 Å². The van der Waals surface area contributed by atoms with Gasteiger partial charge in [0.05, 0.1) is 17.1 Å². The Morgan fingerprint density at radius 3 is 2.50 bits per heavy atom. The molecule has 0 aliphatic rings. The molecule has 0 aliphatic carbocycles. The molecule has 0 amide bonds. The summed E-state index contributed by atoms with van der Waals surface area (Å²) in [5, 5.41) is -0.0918. The van der Waals surface area contributed by atoms with Gasteiger partial charge in [0.1, 0.15) is 5.02 Å². The highest BCUT2D eigenvalue weighted by Gasteiger charge is 2.18. The maximum Gasteiger partial charge on any atom is 0.169 e. The summed E-state index contributed by atoms with van der Waals surface area (Å²) >= 11 is 5.85. The summed E-state index contributed by atoms with van der Waals surface area (Å²) in [6, 6.07) is 9.41. The average Bonchev–Trinajstić information content (AvgIpc) is 2.39. The molecule has 3 nitrogen and oxygen atoms in total. The minimum atomic E-state index is -0.583. The van der Waals surface area contributed by atoms with E-state index in [1.54, 1.807) is 11.9 Å². The molecule has 4 N–H and O–H groups in total. The van der Waals surface area contributed by atoms with Gasteiger partial charge in [-0.15, -0.1) is 0 Å². The van der Waals surface area contributed by atoms with E-state index in [2.05, 4.69) is 0 Å². The maximum atomic E-state index is 14.2. The number of nitrogens with two attached hydrogens (primary N) is 2. The molecule has 0 unspecified atom stereocenters. The zero-order valence-electron chi connectivity index (χ0n) is 11.5. The zero-order chi connectivity index (χ0) is 14.9. The number of anilines is 3. The van der Waals surface area contributed by atoms with Gasteiger partial charge in [0, 0.05) is 13.6 Å². The largest absolute Gasteiger partial charge is 0.397 e. The molecule has 20 heavy (non-hydrogen) atoms. The summed E-state index contributed by atoms with van der Waals surface area (Å²) in [5.41, 5.74) is 14.4. The smallest absolute Gasteiger partial charge is 0.169 e. The van der Waals surface area contributed by atoms with Crippen LogP contribution in [0, 0.1) is 12.7 Å². The molecule has 0 saturated carbocycles. The first kappa shape index (κ1) is 14.5. The van der Waals surface area contributed by atoms with E-state index in [4.69, 9.17) is 23.1 Å². The fourth-order valence-corrected chi connectivity index (χ4v) is 2.31. The van der Waals surface area contributed by atoms with Crippen LogP contribution in [0.5, 0.6) is 0 Å². The molecular weight excluding hydrogens is 277 g/mol. The van der Waals surface area contributed by atoms with E-state index in [0.29, 0.717) is 6.54 Å². The number of rotatable bonds is 3. The molecule has 106 valence electrons. The van der Waals surface area contributed by atoms with Crippen molar-refractivity contribution in [2.45, 2.75) is 13.5 Å². The molecule has 2 aromatic carbocycles. The van der Waals surface area contributed by atoms with Gasteiger partial charge in [-0.05, 0) is 24.1 Å². The van der Waals surface area contributed by atoms with E-state index in [1.807, 2.05) is 31.2 Å². The highest BCUT2D eigenvalue weighted by atomic mass is 35.5. The molecule has 2 rings (SSSR count). The first-order valence-corrected chi connectivity index (χ1v) is 6.58. The second-order valence-corrected chi connectivity index (χ2v) is 5.19. The molecule has 2 aromatic rings. The lowest BCUT2D eigenvalue weighted by molar-refractivity contribution is 0.624. The third kappa shape index (κ3) is 2.65. The van der Waals surface area contributed by atoms with Crippen LogP contribution in [0.1, 0.15) is 11.1 Å². The number of aryl methyl sites for hydroxylation is 1. The predicted octanol–water partition coefficient (Wildman–Crippen LogP) is 3.59. The first-order chi connectivity index (χ1) is 9.41. The van der Waals surface area contributed by atoms with Gasteiger partial charge in [-0.3, -0.25) is 0 Å². The van der Waals surface area contributed by atoms with E-state index in [-0.39, 0.29) is 22.1 Å². The van der Waals surface area contributed by atoms with E-state index in [0.717, 1.165) is 11.1 Å². The molecule has 0 spiro atoms. The van der Waals surface area contributed by atoms with Crippen LogP contribution in [0.4, 0.5) is 21.5 Å². The van der Waals surface area contributed by atoms with Crippen LogP contribution >= 0.6 is 11.6 Å². The number of hydrogen-bond acceptors (Lipinski definition) is 3. The van der Waals surface area contributed by atoms with E-state index < -0.39 is 5.82 Å². The number of halogens is 2. The van der Waals surface area contributed by atoms with Crippen molar-refractivity contribution < 1.29 is 4.39 Å². The van der Waals surface area contributed by atoms with Crippen LogP contribution in [0.15, 0.2) is 30.3 Å². The summed E-state index contributed by atoms with van der Waals surface area (Å²) < 4.78 is 14.2. The highest BCUT2D eigenvalue weighted by molar-refractivity contribution is 6.33. The molecule has 0 fully saturated rings. The lowest BCUT2D eigenvalue weighted by Gasteiger charge is -2.23. The van der Waals surface area contributed by atoms with Crippen LogP contribution in [-0.2, 0) is 6.54 Å². The maximum absolute atomic E-state index is 14.2. The van der Waals surface area contributed by atoms with Crippen molar-refractivity contribution in [3.63, 3.8) is 0 Å². The Kier molecular flexibility index (Phi) is 4.04. The summed E-state index contributed by atoms with van der Waals surface area (Å²) in [6.45, 7) is 2.55. The fourth-order valence-electron chi connectivity index (χ4n) is 2.17. The lowest BCUT2D eigenvalue weighted by Crippen LogP contribution is -2.20. The fraction of sp³-hybridized carbons (Fsp3) is 0.200. The van der Waals surface area contributed by atoms with Crippen LogP contribution in [0.3, 0.4) is 0 Å². The molecule has 0 atom stereocenters. The Morgan fingerprint density at radius 2 is 1.85 bits per heavy atom. The molecule has 0 bridgehead atoms. The SMILES string of the molecule is Cc1ccccc1CN(C)c1c(N)cc(N)c(Cl)c1F. The molecular formula is C15H17ClFN3. The Balaban J connectivity index is 2.37. The van der Waals surface area contributed by atoms with E-state index >= 15 is 0 Å². The highest BCUT2D eigenvalue weighted by Crippen LogP contribution is 2.36. The van der Waals surface area contributed by atoms with Gasteiger partial charge < -0.3 is 16.4 Å². The summed E-state index contributed by atoms with van der Waals surface area (Å²) in [4.78, 5) is 1.73. The Labute approximate surface area is 122 Å². The van der Waals surface area contributed by atoms with Gasteiger partial charge in [0.2, 0.25) is 0 Å². The van der Waals surface area contributed by atoms with E-state index in [9.17, 15) is 4.39 Å². The first-order valence-electron chi connectivity index (χ1n) is 6.20. The normalized spacial score (nSPS) is 10.6. The lowest BCUT2D eigenvalue weighted by atomic mass is 10.1. The van der Waals surface area contributed by atoms with Crippen LogP contribution < -0.4 is 16.4 Å². The molecule has 0 radical (unpaired) electrons. The Hall–Kier alpha value is -1.94. The number of benzene rings is 2. The van der Waals surface area contributed by atoms with Gasteiger partial charge in [-0.2, -0.15) is 0 Å². The molecule has 0 saturated heterocycles. The van der Waals surface area contributed by atoms with E-state index in [1.165, 1.54) is 6.07 Å². The van der Waals surface area contributed by atoms with Crippen molar-refractivity contribution in [2.75, 3.05) is 23.4 Å². The van der Waals surface area contributed by atoms with Crippen molar-refractivity contribution in [1.29, 1.82) is 0 Å². The Bertz CT molecular complexity index is 643. The average molecular weight is 294 g/mol. The van der Waals surface area contributed by atoms with Crippen molar-refractivity contribution in [2.24, 2.45) is 0 Å². The number of nitrogen functional groups attached to an aromatic ring is 2. The quantitative estimate of drug-likeness (QED) is 0.850. The second-order valence-electron chi connectivity index (χ2n) is 4.81. The van der Waals surface area contributed by atoms with Gasteiger partial charge >= 0.3 is 0 Å². The summed E-state index contributed by atoms with van der Waals surface area (Å²) in [7, 11) is 1.77. The topological polar surface area (TPSA) is 55.3 Å². The third-order valence-corrected chi connectivity index (χ3v) is 3.67. The summed E-state index contributed by atoms with van der Waals surface area (Å²) in [6.07, 6.45) is 0.